The number of esters is 1. The molecule has 0 amide bonds. The van der Waals surface area contributed by atoms with Crippen molar-refractivity contribution in [3.8, 4) is 11.6 Å². The van der Waals surface area contributed by atoms with Crippen molar-refractivity contribution in [2.45, 2.75) is 19.8 Å². The van der Waals surface area contributed by atoms with Gasteiger partial charge in [-0.05, 0) is 17.5 Å². The molecule has 0 N–H and O–H groups in total. The van der Waals surface area contributed by atoms with Gasteiger partial charge in [0.25, 0.3) is 0 Å². The quantitative estimate of drug-likeness (QED) is 0.800. The summed E-state index contributed by atoms with van der Waals surface area (Å²) < 4.78 is 10.3. The van der Waals surface area contributed by atoms with Gasteiger partial charge in [-0.2, -0.15) is 0 Å². The largest absolute Gasteiger partial charge is 0.464 e. The van der Waals surface area contributed by atoms with Crippen molar-refractivity contribution < 1.29 is 14.3 Å². The monoisotopic (exact) mass is 272 g/mol. The Labute approximate surface area is 117 Å². The zero-order valence-electron chi connectivity index (χ0n) is 11.7. The first-order chi connectivity index (χ1) is 9.61. The van der Waals surface area contributed by atoms with Gasteiger partial charge in [0.2, 0.25) is 5.88 Å². The van der Waals surface area contributed by atoms with Crippen LogP contribution in [0, 0.1) is 0 Å². The van der Waals surface area contributed by atoms with Gasteiger partial charge in [-0.1, -0.05) is 32.0 Å². The molecule has 5 heteroatoms. The van der Waals surface area contributed by atoms with Crippen molar-refractivity contribution in [2.75, 3.05) is 7.11 Å². The molecule has 2 aromatic rings. The molecule has 0 atom stereocenters. The zero-order chi connectivity index (χ0) is 14.5. The van der Waals surface area contributed by atoms with E-state index in [0.717, 1.165) is 5.56 Å². The van der Waals surface area contributed by atoms with Gasteiger partial charge < -0.3 is 9.47 Å². The van der Waals surface area contributed by atoms with E-state index in [1.54, 1.807) is 0 Å². The molecule has 1 aromatic heterocycles. The smallest absolute Gasteiger partial charge is 0.358 e. The van der Waals surface area contributed by atoms with Crippen LogP contribution in [-0.4, -0.2) is 23.0 Å². The predicted octanol–water partition coefficient (Wildman–Crippen LogP) is 3.18. The zero-order valence-corrected chi connectivity index (χ0v) is 11.7. The number of hydrogen-bond donors (Lipinski definition) is 0. The Morgan fingerprint density at radius 2 is 1.95 bits per heavy atom. The molecule has 0 aliphatic carbocycles. The molecule has 104 valence electrons. The lowest BCUT2D eigenvalue weighted by Crippen LogP contribution is -2.06. The summed E-state index contributed by atoms with van der Waals surface area (Å²) in [4.78, 5) is 19.4. The second-order valence-corrected chi connectivity index (χ2v) is 4.53. The van der Waals surface area contributed by atoms with E-state index < -0.39 is 5.97 Å². The van der Waals surface area contributed by atoms with E-state index in [-0.39, 0.29) is 11.6 Å². The number of aromatic nitrogens is 2. The summed E-state index contributed by atoms with van der Waals surface area (Å²) in [6.07, 6.45) is 2.80. The Hall–Kier alpha value is -2.43. The lowest BCUT2D eigenvalue weighted by molar-refractivity contribution is 0.0592. The Kier molecular flexibility index (Phi) is 4.30. The first-order valence-electron chi connectivity index (χ1n) is 6.29. The first-order valence-corrected chi connectivity index (χ1v) is 6.29. The van der Waals surface area contributed by atoms with Gasteiger partial charge in [-0.3, -0.25) is 4.98 Å². The molecule has 1 heterocycles. The molecule has 0 aliphatic heterocycles. The van der Waals surface area contributed by atoms with E-state index in [1.165, 1.54) is 19.5 Å². The average Bonchev–Trinajstić information content (AvgIpc) is 2.47. The third kappa shape index (κ3) is 3.12. The van der Waals surface area contributed by atoms with Gasteiger partial charge in [-0.25, -0.2) is 9.78 Å². The Balaban J connectivity index is 2.29. The van der Waals surface area contributed by atoms with Crippen LogP contribution >= 0.6 is 0 Å². The predicted molar refractivity (Wildman–Crippen MR) is 74.0 cm³/mol. The Morgan fingerprint density at radius 3 is 2.65 bits per heavy atom. The molecule has 0 fully saturated rings. The summed E-state index contributed by atoms with van der Waals surface area (Å²) in [5.41, 5.74) is 1.18. The summed E-state index contributed by atoms with van der Waals surface area (Å²) in [6.45, 7) is 4.16. The van der Waals surface area contributed by atoms with Crippen LogP contribution in [0.2, 0.25) is 0 Å². The maximum Gasteiger partial charge on any atom is 0.358 e. The van der Waals surface area contributed by atoms with Crippen molar-refractivity contribution >= 4 is 5.97 Å². The lowest BCUT2D eigenvalue weighted by atomic mass is 10.0. The van der Waals surface area contributed by atoms with Crippen molar-refractivity contribution in [3.63, 3.8) is 0 Å². The van der Waals surface area contributed by atoms with Gasteiger partial charge in [0, 0.05) is 0 Å². The number of para-hydroxylation sites is 1. The van der Waals surface area contributed by atoms with E-state index in [2.05, 4.69) is 28.6 Å². The third-order valence-electron chi connectivity index (χ3n) is 2.76. The average molecular weight is 272 g/mol. The molecule has 1 aromatic carbocycles. The van der Waals surface area contributed by atoms with Crippen LogP contribution in [-0.2, 0) is 4.74 Å². The molecule has 0 aliphatic rings. The van der Waals surface area contributed by atoms with Gasteiger partial charge in [-0.15, -0.1) is 0 Å². The van der Waals surface area contributed by atoms with Crippen LogP contribution in [0.25, 0.3) is 0 Å². The maximum absolute atomic E-state index is 11.4. The molecular weight excluding hydrogens is 256 g/mol. The second kappa shape index (κ2) is 6.14. The minimum atomic E-state index is -0.542. The Bertz CT molecular complexity index is 612. The van der Waals surface area contributed by atoms with Crippen molar-refractivity contribution in [1.29, 1.82) is 0 Å². The highest BCUT2D eigenvalue weighted by Crippen LogP contribution is 2.29. The number of methoxy groups -OCH3 is 1. The van der Waals surface area contributed by atoms with Gasteiger partial charge in [0.05, 0.1) is 19.5 Å². The van der Waals surface area contributed by atoms with Gasteiger partial charge in [0.1, 0.15) is 5.75 Å². The number of ether oxygens (including phenoxy) is 2. The van der Waals surface area contributed by atoms with E-state index in [1.807, 2.05) is 24.3 Å². The van der Waals surface area contributed by atoms with Crippen LogP contribution in [0.3, 0.4) is 0 Å². The van der Waals surface area contributed by atoms with E-state index in [4.69, 9.17) is 4.74 Å². The molecule has 0 saturated carbocycles. The molecular formula is C15H16N2O3. The van der Waals surface area contributed by atoms with Gasteiger partial charge >= 0.3 is 5.97 Å². The lowest BCUT2D eigenvalue weighted by Gasteiger charge is -2.12. The number of nitrogens with zero attached hydrogens (tertiary/aromatic N) is 2. The summed E-state index contributed by atoms with van der Waals surface area (Å²) in [7, 11) is 1.30. The number of benzene rings is 1. The van der Waals surface area contributed by atoms with E-state index >= 15 is 0 Å². The minimum absolute atomic E-state index is 0.118. The highest BCUT2D eigenvalue weighted by molar-refractivity contribution is 5.86. The number of carbonyl (C=O) groups is 1. The van der Waals surface area contributed by atoms with Crippen LogP contribution < -0.4 is 4.74 Å². The molecule has 0 radical (unpaired) electrons. The minimum Gasteiger partial charge on any atom is -0.464 e. The van der Waals surface area contributed by atoms with Gasteiger partial charge in [0.15, 0.2) is 5.69 Å². The fraction of sp³-hybridized carbons (Fsp3) is 0.267. The van der Waals surface area contributed by atoms with Crippen LogP contribution in [0.4, 0.5) is 0 Å². The summed E-state index contributed by atoms with van der Waals surface area (Å²) >= 11 is 0. The van der Waals surface area contributed by atoms with Crippen molar-refractivity contribution in [1.82, 2.24) is 9.97 Å². The highest BCUT2D eigenvalue weighted by atomic mass is 16.5. The van der Waals surface area contributed by atoms with Crippen LogP contribution in [0.1, 0.15) is 35.8 Å². The summed E-state index contributed by atoms with van der Waals surface area (Å²) in [6, 6.07) is 7.71. The second-order valence-electron chi connectivity index (χ2n) is 4.53. The maximum atomic E-state index is 11.4. The molecule has 20 heavy (non-hydrogen) atoms. The fourth-order valence-electron chi connectivity index (χ4n) is 1.76. The first kappa shape index (κ1) is 14.0. The SMILES string of the molecule is COC(=O)c1cncc(Oc2ccccc2C(C)C)n1. The number of rotatable bonds is 4. The normalized spacial score (nSPS) is 10.4. The van der Waals surface area contributed by atoms with E-state index in [9.17, 15) is 4.79 Å². The number of hydrogen-bond acceptors (Lipinski definition) is 5. The van der Waals surface area contributed by atoms with Crippen LogP contribution in [0.5, 0.6) is 11.6 Å². The molecule has 0 bridgehead atoms. The Morgan fingerprint density at radius 1 is 1.20 bits per heavy atom. The van der Waals surface area contributed by atoms with E-state index in [0.29, 0.717) is 11.7 Å². The summed E-state index contributed by atoms with van der Waals surface area (Å²) in [5, 5.41) is 0. The van der Waals surface area contributed by atoms with Crippen molar-refractivity contribution in [3.05, 3.63) is 47.9 Å². The summed E-state index contributed by atoms with van der Waals surface area (Å²) in [5.74, 6) is 0.753. The fourth-order valence-corrected chi connectivity index (χ4v) is 1.76. The number of carbonyl (C=O) groups excluding carboxylic acids is 1. The molecule has 0 saturated heterocycles. The van der Waals surface area contributed by atoms with Crippen molar-refractivity contribution in [2.24, 2.45) is 0 Å². The third-order valence-corrected chi connectivity index (χ3v) is 2.76. The molecule has 0 spiro atoms. The molecule has 5 nitrogen and oxygen atoms in total. The van der Waals surface area contributed by atoms with Crippen LogP contribution in [0.15, 0.2) is 36.7 Å². The highest BCUT2D eigenvalue weighted by Gasteiger charge is 2.12. The molecule has 0 unspecified atom stereocenters. The standard InChI is InChI=1S/C15H16N2O3/c1-10(2)11-6-4-5-7-13(11)20-14-9-16-8-12(17-14)15(18)19-3/h4-10H,1-3H3. The topological polar surface area (TPSA) is 61.3 Å². The molecule has 2 rings (SSSR count).